The first-order valence-corrected chi connectivity index (χ1v) is 16.4. The summed E-state index contributed by atoms with van der Waals surface area (Å²) in [5, 5.41) is 5.96. The molecule has 3 aromatic rings. The Morgan fingerprint density at radius 1 is 1.25 bits per heavy atom. The predicted octanol–water partition coefficient (Wildman–Crippen LogP) is 5.45. The zero-order valence-electron chi connectivity index (χ0n) is 24.4. The number of aromatic nitrogens is 5. The number of halogens is 1. The highest BCUT2D eigenvalue weighted by Gasteiger charge is 2.44. The van der Waals surface area contributed by atoms with Crippen LogP contribution in [0.25, 0.3) is 11.3 Å². The molecule has 12 heteroatoms. The lowest BCUT2D eigenvalue weighted by Crippen LogP contribution is -2.41. The van der Waals surface area contributed by atoms with Crippen LogP contribution < -0.4 is 16.3 Å². The quantitative estimate of drug-likeness (QED) is 0.327. The first-order valence-electron chi connectivity index (χ1n) is 13.5. The van der Waals surface area contributed by atoms with Crippen molar-refractivity contribution in [2.75, 3.05) is 10.6 Å². The zero-order chi connectivity index (χ0) is 29.4. The molecule has 40 heavy (non-hydrogen) atoms. The molecule has 1 saturated carbocycles. The number of rotatable bonds is 9. The molecule has 0 spiro atoms. The van der Waals surface area contributed by atoms with E-state index < -0.39 is 32.0 Å². The predicted molar refractivity (Wildman–Crippen MR) is 156 cm³/mol. The minimum atomic E-state index is -2.00. The van der Waals surface area contributed by atoms with Crippen LogP contribution in [0.1, 0.15) is 57.9 Å². The van der Waals surface area contributed by atoms with Gasteiger partial charge in [0.1, 0.15) is 24.1 Å². The maximum absolute atomic E-state index is 13.3. The molecular formula is C28H38FN7O3Si. The molecule has 0 bridgehead atoms. The highest BCUT2D eigenvalue weighted by atomic mass is 28.4. The molecule has 3 heterocycles. The van der Waals surface area contributed by atoms with E-state index >= 15 is 0 Å². The van der Waals surface area contributed by atoms with Crippen molar-refractivity contribution >= 4 is 31.5 Å². The van der Waals surface area contributed by atoms with Gasteiger partial charge in [0.05, 0.1) is 40.9 Å². The number of carbonyl (C=O) groups is 1. The molecule has 3 aromatic heterocycles. The number of anilines is 3. The maximum Gasteiger partial charge on any atom is 0.349 e. The molecule has 1 amide bonds. The van der Waals surface area contributed by atoms with Crippen LogP contribution >= 0.6 is 0 Å². The Balaban J connectivity index is 1.62. The van der Waals surface area contributed by atoms with Crippen molar-refractivity contribution in [2.24, 2.45) is 13.0 Å². The van der Waals surface area contributed by atoms with Gasteiger partial charge in [-0.2, -0.15) is 4.98 Å². The summed E-state index contributed by atoms with van der Waals surface area (Å²) < 4.78 is 21.3. The summed E-state index contributed by atoms with van der Waals surface area (Å²) in [6.45, 7) is 15.2. The first-order chi connectivity index (χ1) is 18.7. The van der Waals surface area contributed by atoms with Gasteiger partial charge in [-0.05, 0) is 49.5 Å². The van der Waals surface area contributed by atoms with Crippen molar-refractivity contribution in [1.29, 1.82) is 0 Å². The molecule has 1 aliphatic rings. The van der Waals surface area contributed by atoms with Gasteiger partial charge in [-0.15, -0.1) is 0 Å². The van der Waals surface area contributed by atoms with E-state index in [9.17, 15) is 14.0 Å². The number of nitrogens with one attached hydrogen (secondary N) is 2. The topological polar surface area (TPSA) is 124 Å². The van der Waals surface area contributed by atoms with Gasteiger partial charge in [0.15, 0.2) is 8.32 Å². The van der Waals surface area contributed by atoms with Gasteiger partial charge >= 0.3 is 5.69 Å². The van der Waals surface area contributed by atoms with Crippen LogP contribution in [0.5, 0.6) is 0 Å². The molecule has 3 atom stereocenters. The fraction of sp³-hybridized carbons (Fsp3) is 0.500. The summed E-state index contributed by atoms with van der Waals surface area (Å²) in [6.07, 6.45) is 4.42. The molecule has 0 radical (unpaired) electrons. The van der Waals surface area contributed by atoms with Crippen LogP contribution in [0.2, 0.25) is 18.1 Å². The van der Waals surface area contributed by atoms with E-state index in [-0.39, 0.29) is 29.2 Å². The van der Waals surface area contributed by atoms with Crippen molar-refractivity contribution in [2.45, 2.75) is 77.9 Å². The first kappa shape index (κ1) is 29.5. The molecule has 2 N–H and O–H groups in total. The van der Waals surface area contributed by atoms with E-state index in [1.165, 1.54) is 10.9 Å². The van der Waals surface area contributed by atoms with E-state index in [0.29, 0.717) is 16.9 Å². The number of hydrogen-bond acceptors (Lipinski definition) is 8. The Kier molecular flexibility index (Phi) is 8.22. The minimum absolute atomic E-state index is 0.0791. The van der Waals surface area contributed by atoms with Crippen LogP contribution in [-0.4, -0.2) is 44.9 Å². The van der Waals surface area contributed by atoms with Gasteiger partial charge in [0.25, 0.3) is 0 Å². The average Bonchev–Trinajstić information content (AvgIpc) is 3.62. The normalized spacial score (nSPS) is 17.8. The lowest BCUT2D eigenvalue weighted by Gasteiger charge is -2.39. The van der Waals surface area contributed by atoms with Crippen LogP contribution in [0.4, 0.5) is 21.7 Å². The zero-order valence-corrected chi connectivity index (χ0v) is 25.4. The molecule has 0 saturated heterocycles. The second-order valence-electron chi connectivity index (χ2n) is 11.9. The standard InChI is InChI=1S/C28H38FN7O3Si/c1-9-23(39-40(7,8)28(3,4)5)21-10-16(2)22(13-30-21)33-25-18(14-36(6)27(38)35-25)20-12-24(32-15-31-20)34-26(37)17-11-19(17)29/h10,12-15,17,19,23H,9,11H2,1-8H3,(H,33,35,38)(H,31,32,34,37)/t17-,19+,23?/m0/s1. The number of alkyl halides is 1. The Morgan fingerprint density at radius 3 is 2.55 bits per heavy atom. The van der Waals surface area contributed by atoms with Gasteiger partial charge in [-0.3, -0.25) is 9.78 Å². The largest absolute Gasteiger partial charge is 0.408 e. The highest BCUT2D eigenvalue weighted by molar-refractivity contribution is 6.74. The van der Waals surface area contributed by atoms with E-state index in [4.69, 9.17) is 9.41 Å². The highest BCUT2D eigenvalue weighted by Crippen LogP contribution is 2.40. The van der Waals surface area contributed by atoms with Crippen LogP contribution in [-0.2, 0) is 16.3 Å². The lowest BCUT2D eigenvalue weighted by molar-refractivity contribution is -0.117. The number of aryl methyl sites for hydroxylation is 2. The van der Waals surface area contributed by atoms with Crippen molar-refractivity contribution in [1.82, 2.24) is 24.5 Å². The van der Waals surface area contributed by atoms with Crippen molar-refractivity contribution in [3.8, 4) is 11.3 Å². The molecule has 4 rings (SSSR count). The summed E-state index contributed by atoms with van der Waals surface area (Å²) in [7, 11) is -0.408. The molecule has 0 aromatic carbocycles. The second kappa shape index (κ2) is 11.2. The number of amides is 1. The fourth-order valence-electron chi connectivity index (χ4n) is 3.95. The van der Waals surface area contributed by atoms with E-state index in [0.717, 1.165) is 17.7 Å². The van der Waals surface area contributed by atoms with Gasteiger partial charge in [0.2, 0.25) is 5.91 Å². The average molecular weight is 568 g/mol. The van der Waals surface area contributed by atoms with Gasteiger partial charge in [0, 0.05) is 19.3 Å². The Hall–Kier alpha value is -3.51. The number of nitrogens with zero attached hydrogens (tertiary/aromatic N) is 5. The molecule has 214 valence electrons. The smallest absolute Gasteiger partial charge is 0.349 e. The van der Waals surface area contributed by atoms with Crippen LogP contribution in [0, 0.1) is 12.8 Å². The number of hydrogen-bond donors (Lipinski definition) is 2. The molecule has 10 nitrogen and oxygen atoms in total. The van der Waals surface area contributed by atoms with Gasteiger partial charge in [-0.25, -0.2) is 19.2 Å². The summed E-state index contributed by atoms with van der Waals surface area (Å²) in [5.74, 6) is -0.539. The van der Waals surface area contributed by atoms with Crippen LogP contribution in [0.3, 0.4) is 0 Å². The third kappa shape index (κ3) is 6.44. The second-order valence-corrected chi connectivity index (χ2v) is 16.6. The van der Waals surface area contributed by atoms with Gasteiger partial charge < -0.3 is 19.6 Å². The SMILES string of the molecule is CCC(O[Si](C)(C)C(C)(C)C)c1cc(C)c(Nc2nc(=O)n(C)cc2-c2cc(NC(=O)[C@H]3C[C@H]3F)ncn2)cn1. The van der Waals surface area contributed by atoms with Gasteiger partial charge in [-0.1, -0.05) is 27.7 Å². The summed E-state index contributed by atoms with van der Waals surface area (Å²) in [5.41, 5.74) is 2.95. The third-order valence-electron chi connectivity index (χ3n) is 7.66. The summed E-state index contributed by atoms with van der Waals surface area (Å²) in [4.78, 5) is 42.0. The van der Waals surface area contributed by atoms with E-state index in [1.807, 2.05) is 13.0 Å². The molecule has 0 aliphatic heterocycles. The summed E-state index contributed by atoms with van der Waals surface area (Å²) >= 11 is 0. The maximum atomic E-state index is 13.3. The van der Waals surface area contributed by atoms with Crippen molar-refractivity contribution in [3.05, 3.63) is 52.6 Å². The fourth-order valence-corrected chi connectivity index (χ4v) is 5.30. The molecule has 1 fully saturated rings. The number of pyridine rings is 1. The minimum Gasteiger partial charge on any atom is -0.408 e. The Labute approximate surface area is 235 Å². The Bertz CT molecular complexity index is 1470. The molecule has 1 unspecified atom stereocenters. The molecule has 1 aliphatic carbocycles. The van der Waals surface area contributed by atoms with E-state index in [1.54, 1.807) is 25.5 Å². The van der Waals surface area contributed by atoms with Crippen molar-refractivity contribution < 1.29 is 13.6 Å². The van der Waals surface area contributed by atoms with Crippen LogP contribution in [0.15, 0.2) is 35.6 Å². The molecular weight excluding hydrogens is 529 g/mol. The number of carbonyl (C=O) groups excluding carboxylic acids is 1. The van der Waals surface area contributed by atoms with E-state index in [2.05, 4.69) is 66.4 Å². The third-order valence-corrected chi connectivity index (χ3v) is 12.1. The lowest BCUT2D eigenvalue weighted by atomic mass is 10.1. The summed E-state index contributed by atoms with van der Waals surface area (Å²) in [6, 6.07) is 3.57. The van der Waals surface area contributed by atoms with Crippen molar-refractivity contribution in [3.63, 3.8) is 0 Å². The Morgan fingerprint density at radius 2 is 1.95 bits per heavy atom. The monoisotopic (exact) mass is 567 g/mol.